The number of nitrogens with one attached hydrogen (secondary N) is 1. The molecule has 22 heavy (non-hydrogen) atoms. The highest BCUT2D eigenvalue weighted by Crippen LogP contribution is 2.19. The molecule has 0 saturated heterocycles. The SMILES string of the molecule is Cc1cc(=O)[nH]c(SCCOc2ccc(OC(C)C)cc2)n1. The first-order chi connectivity index (χ1) is 10.5. The predicted molar refractivity (Wildman–Crippen MR) is 88.0 cm³/mol. The van der Waals surface area contributed by atoms with Gasteiger partial charge >= 0.3 is 0 Å². The first kappa shape index (κ1) is 16.4. The number of aromatic nitrogens is 2. The Morgan fingerprint density at radius 3 is 2.55 bits per heavy atom. The maximum Gasteiger partial charge on any atom is 0.251 e. The van der Waals surface area contributed by atoms with Gasteiger partial charge in [0.1, 0.15) is 11.5 Å². The van der Waals surface area contributed by atoms with Crippen LogP contribution in [0.1, 0.15) is 19.5 Å². The maximum absolute atomic E-state index is 11.3. The topological polar surface area (TPSA) is 64.2 Å². The zero-order chi connectivity index (χ0) is 15.9. The van der Waals surface area contributed by atoms with E-state index in [1.165, 1.54) is 17.8 Å². The summed E-state index contributed by atoms with van der Waals surface area (Å²) in [4.78, 5) is 18.3. The van der Waals surface area contributed by atoms with E-state index >= 15 is 0 Å². The summed E-state index contributed by atoms with van der Waals surface area (Å²) in [6, 6.07) is 9.02. The number of benzene rings is 1. The van der Waals surface area contributed by atoms with E-state index in [2.05, 4.69) is 9.97 Å². The third-order valence-electron chi connectivity index (χ3n) is 2.63. The zero-order valence-corrected chi connectivity index (χ0v) is 13.8. The third kappa shape index (κ3) is 5.44. The second-order valence-corrected chi connectivity index (χ2v) is 6.11. The molecule has 0 saturated carbocycles. The molecule has 2 rings (SSSR count). The molecule has 118 valence electrons. The van der Waals surface area contributed by atoms with E-state index < -0.39 is 0 Å². The van der Waals surface area contributed by atoms with Crippen molar-refractivity contribution in [1.82, 2.24) is 9.97 Å². The van der Waals surface area contributed by atoms with Crippen molar-refractivity contribution >= 4 is 11.8 Å². The van der Waals surface area contributed by atoms with Crippen molar-refractivity contribution in [3.63, 3.8) is 0 Å². The van der Waals surface area contributed by atoms with Gasteiger partial charge in [-0.05, 0) is 45.0 Å². The Bertz CT molecular complexity index is 653. The molecule has 0 atom stereocenters. The van der Waals surface area contributed by atoms with E-state index in [1.54, 1.807) is 6.92 Å². The molecule has 1 aromatic heterocycles. The molecule has 0 radical (unpaired) electrons. The van der Waals surface area contributed by atoms with Gasteiger partial charge in [-0.15, -0.1) is 0 Å². The van der Waals surface area contributed by atoms with Crippen molar-refractivity contribution in [1.29, 1.82) is 0 Å². The largest absolute Gasteiger partial charge is 0.493 e. The van der Waals surface area contributed by atoms with Gasteiger partial charge in [0.05, 0.1) is 12.7 Å². The van der Waals surface area contributed by atoms with Crippen molar-refractivity contribution in [2.45, 2.75) is 32.0 Å². The third-order valence-corrected chi connectivity index (χ3v) is 3.47. The average Bonchev–Trinajstić information content (AvgIpc) is 2.44. The molecule has 0 aliphatic rings. The van der Waals surface area contributed by atoms with Gasteiger partial charge in [0.15, 0.2) is 5.16 Å². The molecule has 0 aliphatic carbocycles. The number of hydrogen-bond acceptors (Lipinski definition) is 5. The molecular formula is C16H20N2O3S. The Hall–Kier alpha value is -1.95. The monoisotopic (exact) mass is 320 g/mol. The van der Waals surface area contributed by atoms with Gasteiger partial charge in [0.2, 0.25) is 0 Å². The van der Waals surface area contributed by atoms with Gasteiger partial charge in [0.25, 0.3) is 5.56 Å². The van der Waals surface area contributed by atoms with E-state index in [1.807, 2.05) is 38.1 Å². The molecule has 1 N–H and O–H groups in total. The predicted octanol–water partition coefficient (Wildman–Crippen LogP) is 3.04. The van der Waals surface area contributed by atoms with Crippen LogP contribution >= 0.6 is 11.8 Å². The minimum Gasteiger partial charge on any atom is -0.493 e. The lowest BCUT2D eigenvalue weighted by Crippen LogP contribution is -2.09. The number of hydrogen-bond donors (Lipinski definition) is 1. The second kappa shape index (κ2) is 7.89. The Morgan fingerprint density at radius 2 is 1.91 bits per heavy atom. The van der Waals surface area contributed by atoms with E-state index in [9.17, 15) is 4.79 Å². The number of H-pyrrole nitrogens is 1. The van der Waals surface area contributed by atoms with Gasteiger partial charge in [-0.2, -0.15) is 0 Å². The standard InChI is InChI=1S/C16H20N2O3S/c1-11(2)21-14-6-4-13(5-7-14)20-8-9-22-16-17-12(3)10-15(19)18-16/h4-7,10-11H,8-9H2,1-3H3,(H,17,18,19). The highest BCUT2D eigenvalue weighted by Gasteiger charge is 2.01. The van der Waals surface area contributed by atoms with Crippen molar-refractivity contribution in [2.75, 3.05) is 12.4 Å². The molecule has 0 amide bonds. The summed E-state index contributed by atoms with van der Waals surface area (Å²) in [7, 11) is 0. The summed E-state index contributed by atoms with van der Waals surface area (Å²) in [5.41, 5.74) is 0.588. The Morgan fingerprint density at radius 1 is 1.23 bits per heavy atom. The molecule has 1 heterocycles. The van der Waals surface area contributed by atoms with Crippen molar-refractivity contribution < 1.29 is 9.47 Å². The highest BCUT2D eigenvalue weighted by molar-refractivity contribution is 7.99. The smallest absolute Gasteiger partial charge is 0.251 e. The fourth-order valence-corrected chi connectivity index (χ4v) is 2.55. The highest BCUT2D eigenvalue weighted by atomic mass is 32.2. The van der Waals surface area contributed by atoms with Crippen molar-refractivity contribution in [2.24, 2.45) is 0 Å². The number of thioether (sulfide) groups is 1. The van der Waals surface area contributed by atoms with E-state index in [0.29, 0.717) is 23.2 Å². The average molecular weight is 320 g/mol. The van der Waals surface area contributed by atoms with Crippen LogP contribution in [0.2, 0.25) is 0 Å². The van der Waals surface area contributed by atoms with Gasteiger partial charge in [-0.25, -0.2) is 4.98 Å². The lowest BCUT2D eigenvalue weighted by Gasteiger charge is -2.10. The molecule has 0 bridgehead atoms. The molecule has 6 heteroatoms. The van der Waals surface area contributed by atoms with E-state index in [4.69, 9.17) is 9.47 Å². The number of aryl methyl sites for hydroxylation is 1. The van der Waals surface area contributed by atoms with Crippen LogP contribution < -0.4 is 15.0 Å². The summed E-state index contributed by atoms with van der Waals surface area (Å²) in [6.45, 7) is 6.32. The Kier molecular flexibility index (Phi) is 5.89. The van der Waals surface area contributed by atoms with Gasteiger partial charge in [-0.1, -0.05) is 11.8 Å². The van der Waals surface area contributed by atoms with Crippen LogP contribution in [0.15, 0.2) is 40.3 Å². The fraction of sp³-hybridized carbons (Fsp3) is 0.375. The summed E-state index contributed by atoms with van der Waals surface area (Å²) in [5.74, 6) is 2.33. The maximum atomic E-state index is 11.3. The van der Waals surface area contributed by atoms with Crippen LogP contribution in [0, 0.1) is 6.92 Å². The van der Waals surface area contributed by atoms with E-state index in [-0.39, 0.29) is 11.7 Å². The molecule has 5 nitrogen and oxygen atoms in total. The van der Waals surface area contributed by atoms with Crippen LogP contribution in [0.5, 0.6) is 11.5 Å². The molecule has 0 spiro atoms. The molecule has 0 fully saturated rings. The first-order valence-electron chi connectivity index (χ1n) is 7.13. The number of aromatic amines is 1. The summed E-state index contributed by atoms with van der Waals surface area (Å²) in [5, 5.41) is 0.620. The van der Waals surface area contributed by atoms with Crippen molar-refractivity contribution in [3.8, 4) is 11.5 Å². The lowest BCUT2D eigenvalue weighted by atomic mass is 10.3. The normalized spacial score (nSPS) is 10.7. The molecule has 0 aliphatic heterocycles. The Labute approximate surface area is 134 Å². The minimum atomic E-state index is -0.128. The quantitative estimate of drug-likeness (QED) is 0.482. The summed E-state index contributed by atoms with van der Waals surface area (Å²) in [6.07, 6.45) is 0.159. The van der Waals surface area contributed by atoms with Gasteiger partial charge in [-0.3, -0.25) is 4.79 Å². The van der Waals surface area contributed by atoms with Crippen LogP contribution in [-0.4, -0.2) is 28.4 Å². The van der Waals surface area contributed by atoms with E-state index in [0.717, 1.165) is 11.5 Å². The Balaban J connectivity index is 1.77. The first-order valence-corrected chi connectivity index (χ1v) is 8.12. The molecule has 1 aromatic carbocycles. The van der Waals surface area contributed by atoms with Crippen molar-refractivity contribution in [3.05, 3.63) is 46.4 Å². The molecule has 0 unspecified atom stereocenters. The summed E-state index contributed by atoms with van der Waals surface area (Å²) >= 11 is 1.46. The molecule has 2 aromatic rings. The summed E-state index contributed by atoms with van der Waals surface area (Å²) < 4.78 is 11.2. The number of rotatable bonds is 7. The minimum absolute atomic E-state index is 0.128. The number of nitrogens with zero attached hydrogens (tertiary/aromatic N) is 1. The fourth-order valence-electron chi connectivity index (χ4n) is 1.80. The zero-order valence-electron chi connectivity index (χ0n) is 13.0. The van der Waals surface area contributed by atoms with Crippen LogP contribution in [0.3, 0.4) is 0 Å². The van der Waals surface area contributed by atoms with Crippen LogP contribution in [0.25, 0.3) is 0 Å². The second-order valence-electron chi connectivity index (χ2n) is 5.03. The van der Waals surface area contributed by atoms with Gasteiger partial charge in [0, 0.05) is 17.5 Å². The number of ether oxygens (including phenoxy) is 2. The van der Waals surface area contributed by atoms with Crippen LogP contribution in [0.4, 0.5) is 0 Å². The van der Waals surface area contributed by atoms with Gasteiger partial charge < -0.3 is 14.5 Å². The molecular weight excluding hydrogens is 300 g/mol. The lowest BCUT2D eigenvalue weighted by molar-refractivity contribution is 0.242. The van der Waals surface area contributed by atoms with Crippen LogP contribution in [-0.2, 0) is 0 Å².